The Hall–Kier alpha value is -3.93. The molecule has 1 heterocycles. The Morgan fingerprint density at radius 3 is 2.40 bits per heavy atom. The van der Waals surface area contributed by atoms with Crippen LogP contribution in [0.3, 0.4) is 0 Å². The van der Waals surface area contributed by atoms with E-state index in [1.165, 1.54) is 0 Å². The van der Waals surface area contributed by atoms with E-state index in [0.717, 1.165) is 42.4 Å². The number of amides is 1. The third kappa shape index (κ3) is 5.85. The van der Waals surface area contributed by atoms with Gasteiger partial charge in [0, 0.05) is 19.5 Å². The number of carbonyl (C=O) groups is 3. The topological polar surface area (TPSA) is 72.9 Å². The quantitative estimate of drug-likeness (QED) is 0.212. The van der Waals surface area contributed by atoms with E-state index >= 15 is 0 Å². The highest BCUT2D eigenvalue weighted by Crippen LogP contribution is 2.48. The molecule has 1 aliphatic carbocycles. The predicted octanol–water partition coefficient (Wildman–Crippen LogP) is 6.71. The van der Waals surface area contributed by atoms with Gasteiger partial charge in [0.15, 0.2) is 5.78 Å². The SMILES string of the molecule is CCCOC(=O)[C@]1(c2ccccc2)CC[C@@H](C(=O)N2CCCC(CC(=O)c3ccccc3OC)CC2)c2ccccc21. The normalized spacial score (nSPS) is 22.0. The Bertz CT molecular complexity index is 1400. The summed E-state index contributed by atoms with van der Waals surface area (Å²) in [6.07, 6.45) is 4.84. The van der Waals surface area contributed by atoms with Crippen LogP contribution in [0.1, 0.15) is 84.8 Å². The van der Waals surface area contributed by atoms with E-state index < -0.39 is 5.41 Å². The number of hydrogen-bond donors (Lipinski definition) is 0. The van der Waals surface area contributed by atoms with Gasteiger partial charge in [0.25, 0.3) is 0 Å². The molecule has 42 heavy (non-hydrogen) atoms. The molecule has 0 bridgehead atoms. The average Bonchev–Trinajstić information content (AvgIpc) is 3.28. The van der Waals surface area contributed by atoms with Crippen LogP contribution in [-0.2, 0) is 19.7 Å². The maximum Gasteiger partial charge on any atom is 0.321 e. The number of fused-ring (bicyclic) bond motifs is 1. The van der Waals surface area contributed by atoms with Crippen molar-refractivity contribution >= 4 is 17.7 Å². The Labute approximate surface area is 249 Å². The van der Waals surface area contributed by atoms with Gasteiger partial charge in [0.2, 0.25) is 5.91 Å². The van der Waals surface area contributed by atoms with Gasteiger partial charge in [-0.2, -0.15) is 0 Å². The molecule has 0 saturated carbocycles. The zero-order valence-corrected chi connectivity index (χ0v) is 24.7. The minimum Gasteiger partial charge on any atom is -0.496 e. The lowest BCUT2D eigenvalue weighted by molar-refractivity contribution is -0.150. The van der Waals surface area contributed by atoms with Crippen LogP contribution in [0.25, 0.3) is 0 Å². The standard InChI is InChI=1S/C36H41NO5/c1-3-24-42-35(40)36(27-13-5-4-6-14-27)21-19-29(28-15-7-9-17-31(28)36)34(39)37-22-11-12-26(20-23-37)25-32(38)30-16-8-10-18-33(30)41-2/h4-10,13-18,26,29H,3,11-12,19-25H2,1-2H3/t26?,29-,36+/m1/s1. The Balaban J connectivity index is 1.35. The lowest BCUT2D eigenvalue weighted by Crippen LogP contribution is -2.45. The van der Waals surface area contributed by atoms with Crippen molar-refractivity contribution in [3.05, 3.63) is 101 Å². The van der Waals surface area contributed by atoms with E-state index in [9.17, 15) is 14.4 Å². The molecule has 1 unspecified atom stereocenters. The van der Waals surface area contributed by atoms with Gasteiger partial charge in [-0.3, -0.25) is 14.4 Å². The van der Waals surface area contributed by atoms with Gasteiger partial charge >= 0.3 is 5.97 Å². The van der Waals surface area contributed by atoms with Crippen LogP contribution in [0.5, 0.6) is 5.75 Å². The fraction of sp³-hybridized carbons (Fsp3) is 0.417. The van der Waals surface area contributed by atoms with E-state index in [0.29, 0.717) is 50.3 Å². The minimum absolute atomic E-state index is 0.0886. The highest BCUT2D eigenvalue weighted by atomic mass is 16.5. The summed E-state index contributed by atoms with van der Waals surface area (Å²) in [5.41, 5.74) is 2.37. The summed E-state index contributed by atoms with van der Waals surface area (Å²) in [6.45, 7) is 3.67. The Morgan fingerprint density at radius 1 is 0.881 bits per heavy atom. The van der Waals surface area contributed by atoms with Crippen LogP contribution >= 0.6 is 0 Å². The first kappa shape index (κ1) is 29.6. The van der Waals surface area contributed by atoms with Crippen molar-refractivity contribution in [3.63, 3.8) is 0 Å². The van der Waals surface area contributed by atoms with Crippen molar-refractivity contribution in [2.75, 3.05) is 26.8 Å². The highest BCUT2D eigenvalue weighted by Gasteiger charge is 2.50. The molecule has 220 valence electrons. The van der Waals surface area contributed by atoms with Crippen molar-refractivity contribution in [3.8, 4) is 5.75 Å². The zero-order valence-electron chi connectivity index (χ0n) is 24.7. The highest BCUT2D eigenvalue weighted by molar-refractivity contribution is 5.98. The molecule has 3 aromatic rings. The molecule has 1 fully saturated rings. The number of esters is 1. The maximum absolute atomic E-state index is 14.1. The molecule has 1 amide bonds. The Morgan fingerprint density at radius 2 is 1.62 bits per heavy atom. The number of ketones is 1. The molecule has 1 saturated heterocycles. The van der Waals surface area contributed by atoms with Crippen LogP contribution in [-0.4, -0.2) is 49.4 Å². The average molecular weight is 568 g/mol. The van der Waals surface area contributed by atoms with Crippen molar-refractivity contribution in [2.45, 2.75) is 63.2 Å². The third-order valence-electron chi connectivity index (χ3n) is 9.00. The molecule has 0 aromatic heterocycles. The number of nitrogens with zero attached hydrogens (tertiary/aromatic N) is 1. The molecule has 1 aliphatic heterocycles. The number of benzene rings is 3. The second-order valence-electron chi connectivity index (χ2n) is 11.5. The lowest BCUT2D eigenvalue weighted by atomic mass is 9.63. The first-order valence-electron chi connectivity index (χ1n) is 15.3. The molecular weight excluding hydrogens is 526 g/mol. The number of methoxy groups -OCH3 is 1. The summed E-state index contributed by atoms with van der Waals surface area (Å²) >= 11 is 0. The van der Waals surface area contributed by atoms with Crippen molar-refractivity contribution < 1.29 is 23.9 Å². The minimum atomic E-state index is -0.938. The Kier molecular flexibility index (Phi) is 9.41. The second kappa shape index (κ2) is 13.4. The molecule has 3 atom stereocenters. The summed E-state index contributed by atoms with van der Waals surface area (Å²) < 4.78 is 11.2. The number of para-hydroxylation sites is 1. The molecule has 0 radical (unpaired) electrons. The summed E-state index contributed by atoms with van der Waals surface area (Å²) in [6, 6.07) is 25.1. The van der Waals surface area contributed by atoms with Crippen molar-refractivity contribution in [2.24, 2.45) is 5.92 Å². The van der Waals surface area contributed by atoms with Gasteiger partial charge in [-0.05, 0) is 73.3 Å². The monoisotopic (exact) mass is 567 g/mol. The number of hydrogen-bond acceptors (Lipinski definition) is 5. The second-order valence-corrected chi connectivity index (χ2v) is 11.5. The largest absolute Gasteiger partial charge is 0.496 e. The maximum atomic E-state index is 14.1. The first-order valence-corrected chi connectivity index (χ1v) is 15.3. The molecule has 2 aliphatic rings. The summed E-state index contributed by atoms with van der Waals surface area (Å²) in [5, 5.41) is 0. The van der Waals surface area contributed by atoms with Crippen molar-refractivity contribution in [1.29, 1.82) is 0 Å². The fourth-order valence-electron chi connectivity index (χ4n) is 6.82. The smallest absolute Gasteiger partial charge is 0.321 e. The number of carbonyl (C=O) groups excluding carboxylic acids is 3. The van der Waals surface area contributed by atoms with E-state index in [1.807, 2.05) is 90.7 Å². The molecule has 0 N–H and O–H groups in total. The number of rotatable bonds is 9. The zero-order chi connectivity index (χ0) is 29.5. The summed E-state index contributed by atoms with van der Waals surface area (Å²) in [7, 11) is 1.59. The molecule has 5 rings (SSSR count). The molecule has 0 spiro atoms. The van der Waals surface area contributed by atoms with Crippen molar-refractivity contribution in [1.82, 2.24) is 4.90 Å². The van der Waals surface area contributed by atoms with Crippen LogP contribution in [0.2, 0.25) is 0 Å². The lowest BCUT2D eigenvalue weighted by Gasteiger charge is -2.41. The van der Waals surface area contributed by atoms with Gasteiger partial charge in [0.05, 0.1) is 25.2 Å². The summed E-state index contributed by atoms with van der Waals surface area (Å²) in [5.74, 6) is 0.468. The van der Waals surface area contributed by atoms with Gasteiger partial charge in [-0.25, -0.2) is 0 Å². The number of ether oxygens (including phenoxy) is 2. The molecule has 6 heteroatoms. The fourth-order valence-corrected chi connectivity index (χ4v) is 6.82. The van der Waals surface area contributed by atoms with Crippen LogP contribution in [0.4, 0.5) is 0 Å². The van der Waals surface area contributed by atoms with Gasteiger partial charge in [0.1, 0.15) is 11.2 Å². The van der Waals surface area contributed by atoms with E-state index in [2.05, 4.69) is 0 Å². The van der Waals surface area contributed by atoms with Gasteiger partial charge in [-0.1, -0.05) is 73.7 Å². The van der Waals surface area contributed by atoms with Crippen LogP contribution in [0, 0.1) is 5.92 Å². The van der Waals surface area contributed by atoms with E-state index in [-0.39, 0.29) is 29.5 Å². The third-order valence-corrected chi connectivity index (χ3v) is 9.00. The first-order chi connectivity index (χ1) is 20.5. The number of Topliss-reactive ketones (excluding diaryl/α,β-unsaturated/α-hetero) is 1. The van der Waals surface area contributed by atoms with E-state index in [4.69, 9.17) is 9.47 Å². The molecular formula is C36H41NO5. The van der Waals surface area contributed by atoms with E-state index in [1.54, 1.807) is 7.11 Å². The van der Waals surface area contributed by atoms with Gasteiger partial charge in [-0.15, -0.1) is 0 Å². The van der Waals surface area contributed by atoms with Crippen LogP contribution in [0.15, 0.2) is 78.9 Å². The number of likely N-dealkylation sites (tertiary alicyclic amines) is 1. The molecule has 3 aromatic carbocycles. The summed E-state index contributed by atoms with van der Waals surface area (Å²) in [4.78, 5) is 43.0. The predicted molar refractivity (Wildman–Crippen MR) is 163 cm³/mol. The molecule has 6 nitrogen and oxygen atoms in total. The van der Waals surface area contributed by atoms with Crippen LogP contribution < -0.4 is 4.74 Å². The van der Waals surface area contributed by atoms with Gasteiger partial charge < -0.3 is 14.4 Å².